The van der Waals surface area contributed by atoms with Gasteiger partial charge in [0.25, 0.3) is 0 Å². The van der Waals surface area contributed by atoms with Crippen molar-refractivity contribution < 1.29 is 8.42 Å². The smallest absolute Gasteiger partial charge is 0.244 e. The highest BCUT2D eigenvalue weighted by Crippen LogP contribution is 2.27. The van der Waals surface area contributed by atoms with E-state index in [0.29, 0.717) is 29.0 Å². The summed E-state index contributed by atoms with van der Waals surface area (Å²) in [6, 6.07) is 5.52. The number of benzene rings is 1. The van der Waals surface area contributed by atoms with Crippen LogP contribution < -0.4 is 5.32 Å². The number of nitrogens with one attached hydrogen (secondary N) is 1. The van der Waals surface area contributed by atoms with Crippen LogP contribution in [0.3, 0.4) is 0 Å². The van der Waals surface area contributed by atoms with E-state index in [1.54, 1.807) is 10.4 Å². The van der Waals surface area contributed by atoms with Gasteiger partial charge in [-0.1, -0.05) is 13.0 Å². The van der Waals surface area contributed by atoms with Crippen molar-refractivity contribution in [3.05, 3.63) is 28.2 Å². The Bertz CT molecular complexity index is 584. The molecule has 0 saturated carbocycles. The summed E-state index contributed by atoms with van der Waals surface area (Å²) in [6.45, 7) is 6.19. The Kier molecular flexibility index (Phi) is 5.79. The van der Waals surface area contributed by atoms with Crippen molar-refractivity contribution in [1.82, 2.24) is 14.5 Å². The summed E-state index contributed by atoms with van der Waals surface area (Å²) in [5, 5.41) is 3.22. The molecule has 0 aliphatic carbocycles. The van der Waals surface area contributed by atoms with Gasteiger partial charge in [-0.15, -0.1) is 0 Å². The Hall–Kier alpha value is -0.470. The standard InChI is InChI=1S/C14H22BrN3O2S/c1-3-16-11-12-4-5-13(15)14(10-12)21(19,20)18-8-6-17(2)7-9-18/h4-5,10,16H,3,6-9,11H2,1-2H3. The lowest BCUT2D eigenvalue weighted by molar-refractivity contribution is 0.222. The Balaban J connectivity index is 2.26. The van der Waals surface area contributed by atoms with E-state index in [1.165, 1.54) is 0 Å². The van der Waals surface area contributed by atoms with Gasteiger partial charge < -0.3 is 10.2 Å². The van der Waals surface area contributed by atoms with Crippen LogP contribution in [-0.2, 0) is 16.6 Å². The van der Waals surface area contributed by atoms with E-state index >= 15 is 0 Å². The molecule has 0 radical (unpaired) electrons. The molecule has 2 rings (SSSR count). The van der Waals surface area contributed by atoms with Gasteiger partial charge in [-0.2, -0.15) is 4.31 Å². The fourth-order valence-corrected chi connectivity index (χ4v) is 4.69. The van der Waals surface area contributed by atoms with Gasteiger partial charge >= 0.3 is 0 Å². The predicted molar refractivity (Wildman–Crippen MR) is 87.8 cm³/mol. The van der Waals surface area contributed by atoms with Crippen LogP contribution in [0.4, 0.5) is 0 Å². The Morgan fingerprint density at radius 2 is 1.90 bits per heavy atom. The number of rotatable bonds is 5. The van der Waals surface area contributed by atoms with Crippen molar-refractivity contribution in [2.24, 2.45) is 0 Å². The van der Waals surface area contributed by atoms with Crippen LogP contribution in [-0.4, -0.2) is 57.4 Å². The van der Waals surface area contributed by atoms with Gasteiger partial charge in [0.05, 0.1) is 4.90 Å². The first-order valence-corrected chi connectivity index (χ1v) is 9.36. The lowest BCUT2D eigenvalue weighted by Crippen LogP contribution is -2.47. The maximum Gasteiger partial charge on any atom is 0.244 e. The predicted octanol–water partition coefficient (Wildman–Crippen LogP) is 1.49. The van der Waals surface area contributed by atoms with Crippen molar-refractivity contribution >= 4 is 26.0 Å². The average Bonchev–Trinajstić information content (AvgIpc) is 2.46. The number of nitrogens with zero attached hydrogens (tertiary/aromatic N) is 2. The lowest BCUT2D eigenvalue weighted by Gasteiger charge is -2.31. The van der Waals surface area contributed by atoms with Gasteiger partial charge in [-0.05, 0) is 47.2 Å². The minimum atomic E-state index is -3.43. The van der Waals surface area contributed by atoms with Gasteiger partial charge in [0.15, 0.2) is 0 Å². The first-order valence-electron chi connectivity index (χ1n) is 7.13. The summed E-state index contributed by atoms with van der Waals surface area (Å²) < 4.78 is 27.8. The molecule has 21 heavy (non-hydrogen) atoms. The molecular formula is C14H22BrN3O2S. The number of halogens is 1. The molecule has 1 N–H and O–H groups in total. The first kappa shape index (κ1) is 16.9. The van der Waals surface area contributed by atoms with Crippen molar-refractivity contribution in [3.8, 4) is 0 Å². The Morgan fingerprint density at radius 1 is 1.24 bits per heavy atom. The lowest BCUT2D eigenvalue weighted by atomic mass is 10.2. The van der Waals surface area contributed by atoms with Crippen LogP contribution in [0, 0.1) is 0 Å². The van der Waals surface area contributed by atoms with E-state index in [0.717, 1.165) is 25.2 Å². The third kappa shape index (κ3) is 4.04. The molecule has 0 amide bonds. The summed E-state index contributed by atoms with van der Waals surface area (Å²) in [6.07, 6.45) is 0. The van der Waals surface area contributed by atoms with Gasteiger partial charge in [0.2, 0.25) is 10.0 Å². The Morgan fingerprint density at radius 3 is 2.52 bits per heavy atom. The molecule has 1 aliphatic heterocycles. The van der Waals surface area contributed by atoms with Crippen LogP contribution in [0.2, 0.25) is 0 Å². The minimum absolute atomic E-state index is 0.363. The van der Waals surface area contributed by atoms with E-state index < -0.39 is 10.0 Å². The van der Waals surface area contributed by atoms with E-state index in [4.69, 9.17) is 0 Å². The second kappa shape index (κ2) is 7.19. The third-order valence-corrected chi connectivity index (χ3v) is 6.55. The van der Waals surface area contributed by atoms with Crippen LogP contribution >= 0.6 is 15.9 Å². The van der Waals surface area contributed by atoms with Crippen LogP contribution in [0.25, 0.3) is 0 Å². The van der Waals surface area contributed by atoms with E-state index in [1.807, 2.05) is 26.1 Å². The molecular weight excluding hydrogens is 354 g/mol. The van der Waals surface area contributed by atoms with Crippen LogP contribution in [0.5, 0.6) is 0 Å². The monoisotopic (exact) mass is 375 g/mol. The molecule has 1 aromatic rings. The van der Waals surface area contributed by atoms with Gasteiger partial charge in [0.1, 0.15) is 0 Å². The maximum atomic E-state index is 12.8. The zero-order valence-corrected chi connectivity index (χ0v) is 14.9. The fraction of sp³-hybridized carbons (Fsp3) is 0.571. The van der Waals surface area contributed by atoms with Crippen molar-refractivity contribution in [1.29, 1.82) is 0 Å². The molecule has 1 heterocycles. The van der Waals surface area contributed by atoms with Crippen molar-refractivity contribution in [2.75, 3.05) is 39.8 Å². The molecule has 1 fully saturated rings. The highest BCUT2D eigenvalue weighted by Gasteiger charge is 2.29. The zero-order valence-electron chi connectivity index (χ0n) is 12.5. The van der Waals surface area contributed by atoms with Crippen molar-refractivity contribution in [3.63, 3.8) is 0 Å². The number of sulfonamides is 1. The summed E-state index contributed by atoms with van der Waals surface area (Å²) in [5.74, 6) is 0. The van der Waals surface area contributed by atoms with Gasteiger partial charge in [0, 0.05) is 37.2 Å². The number of hydrogen-bond donors (Lipinski definition) is 1. The average molecular weight is 376 g/mol. The third-order valence-electron chi connectivity index (χ3n) is 3.65. The number of piperazine rings is 1. The first-order chi connectivity index (χ1) is 9.95. The highest BCUT2D eigenvalue weighted by molar-refractivity contribution is 9.10. The molecule has 1 saturated heterocycles. The molecule has 1 aromatic carbocycles. The minimum Gasteiger partial charge on any atom is -0.313 e. The normalized spacial score (nSPS) is 18.0. The van der Waals surface area contributed by atoms with Crippen molar-refractivity contribution in [2.45, 2.75) is 18.4 Å². The maximum absolute atomic E-state index is 12.8. The molecule has 5 nitrogen and oxygen atoms in total. The molecule has 0 atom stereocenters. The van der Waals surface area contributed by atoms with Crippen LogP contribution in [0.1, 0.15) is 12.5 Å². The summed E-state index contributed by atoms with van der Waals surface area (Å²) in [5.41, 5.74) is 0.979. The summed E-state index contributed by atoms with van der Waals surface area (Å²) in [4.78, 5) is 2.50. The SMILES string of the molecule is CCNCc1ccc(Br)c(S(=O)(=O)N2CCN(C)CC2)c1. The number of likely N-dealkylation sites (N-methyl/N-ethyl adjacent to an activating group) is 1. The summed E-state index contributed by atoms with van der Waals surface area (Å²) >= 11 is 3.38. The molecule has 0 unspecified atom stereocenters. The molecule has 0 bridgehead atoms. The molecule has 1 aliphatic rings. The largest absolute Gasteiger partial charge is 0.313 e. The molecule has 0 aromatic heterocycles. The van der Waals surface area contributed by atoms with E-state index in [-0.39, 0.29) is 0 Å². The second-order valence-corrected chi connectivity index (χ2v) is 8.01. The van der Waals surface area contributed by atoms with Gasteiger partial charge in [-0.3, -0.25) is 0 Å². The zero-order chi connectivity index (χ0) is 15.5. The van der Waals surface area contributed by atoms with E-state index in [9.17, 15) is 8.42 Å². The number of hydrogen-bond acceptors (Lipinski definition) is 4. The molecule has 118 valence electrons. The summed E-state index contributed by atoms with van der Waals surface area (Å²) in [7, 11) is -1.42. The Labute approximate surface area is 135 Å². The van der Waals surface area contributed by atoms with Crippen LogP contribution in [0.15, 0.2) is 27.6 Å². The topological polar surface area (TPSA) is 52.7 Å². The molecule has 7 heteroatoms. The van der Waals surface area contributed by atoms with Gasteiger partial charge in [-0.25, -0.2) is 8.42 Å². The van der Waals surface area contributed by atoms with E-state index in [2.05, 4.69) is 26.1 Å². The quantitative estimate of drug-likeness (QED) is 0.846. The molecule has 0 spiro atoms. The second-order valence-electron chi connectivity index (χ2n) is 5.25. The fourth-order valence-electron chi connectivity index (χ4n) is 2.29. The highest BCUT2D eigenvalue weighted by atomic mass is 79.9.